The van der Waals surface area contributed by atoms with Crippen LogP contribution in [0.3, 0.4) is 0 Å². The highest BCUT2D eigenvalue weighted by Gasteiger charge is 2.35. The summed E-state index contributed by atoms with van der Waals surface area (Å²) in [5, 5.41) is 0.610. The lowest BCUT2D eigenvalue weighted by Gasteiger charge is -2.16. The van der Waals surface area contributed by atoms with Crippen molar-refractivity contribution in [1.29, 1.82) is 0 Å². The lowest BCUT2D eigenvalue weighted by atomic mass is 10.1. The van der Waals surface area contributed by atoms with Gasteiger partial charge in [0.1, 0.15) is 11.5 Å². The van der Waals surface area contributed by atoms with E-state index in [0.717, 1.165) is 28.1 Å². The minimum atomic E-state index is -0.128. The van der Waals surface area contributed by atoms with Crippen LogP contribution in [0, 0.1) is 13.8 Å². The molecule has 1 aliphatic rings. The van der Waals surface area contributed by atoms with Gasteiger partial charge in [0, 0.05) is 5.56 Å². The third-order valence-electron chi connectivity index (χ3n) is 5.02. The number of carbonyl (C=O) groups is 1. The van der Waals surface area contributed by atoms with E-state index in [1.807, 2.05) is 86.7 Å². The van der Waals surface area contributed by atoms with E-state index in [2.05, 4.69) is 0 Å². The minimum Gasteiger partial charge on any atom is -0.497 e. The lowest BCUT2D eigenvalue weighted by Crippen LogP contribution is -2.28. The molecule has 6 heteroatoms. The molecular formula is C26H24N2O3S. The summed E-state index contributed by atoms with van der Waals surface area (Å²) in [4.78, 5) is 20.6. The summed E-state index contributed by atoms with van der Waals surface area (Å²) in [7, 11) is 3.22. The summed E-state index contributed by atoms with van der Waals surface area (Å²) >= 11 is 1.35. The SMILES string of the molecule is COc1ccc(OC)c(/C=C2/SC(=Nc3cccc(C)c3)N(c3cccc(C)c3)C2=O)c1. The van der Waals surface area contributed by atoms with Crippen LogP contribution >= 0.6 is 11.8 Å². The average molecular weight is 445 g/mol. The molecule has 0 N–H and O–H groups in total. The molecule has 0 aromatic heterocycles. The van der Waals surface area contributed by atoms with Crippen molar-refractivity contribution in [3.63, 3.8) is 0 Å². The molecule has 1 fully saturated rings. The summed E-state index contributed by atoms with van der Waals surface area (Å²) in [5.41, 5.74) is 4.54. The summed E-state index contributed by atoms with van der Waals surface area (Å²) in [5.74, 6) is 1.23. The number of methoxy groups -OCH3 is 2. The molecule has 3 aromatic carbocycles. The molecule has 0 bridgehead atoms. The van der Waals surface area contributed by atoms with Crippen molar-refractivity contribution < 1.29 is 14.3 Å². The number of anilines is 1. The Bertz CT molecular complexity index is 1230. The van der Waals surface area contributed by atoms with Gasteiger partial charge in [0.2, 0.25) is 0 Å². The van der Waals surface area contributed by atoms with E-state index in [9.17, 15) is 4.79 Å². The van der Waals surface area contributed by atoms with Gasteiger partial charge in [0.25, 0.3) is 5.91 Å². The van der Waals surface area contributed by atoms with Gasteiger partial charge in [0.15, 0.2) is 5.17 Å². The number of amidine groups is 1. The fraction of sp³-hybridized carbons (Fsp3) is 0.154. The van der Waals surface area contributed by atoms with E-state index < -0.39 is 0 Å². The van der Waals surface area contributed by atoms with E-state index >= 15 is 0 Å². The van der Waals surface area contributed by atoms with Crippen LogP contribution in [0.1, 0.15) is 16.7 Å². The fourth-order valence-corrected chi connectivity index (χ4v) is 4.44. The van der Waals surface area contributed by atoms with E-state index in [1.54, 1.807) is 19.1 Å². The molecule has 0 saturated carbocycles. The number of thioether (sulfide) groups is 1. The standard InChI is InChI=1S/C26H24N2O3S/c1-17-7-5-9-20(13-17)27-26-28(21-10-6-8-18(2)14-21)25(29)24(32-26)16-19-15-22(30-3)11-12-23(19)31-4/h5-16H,1-4H3/b24-16+,27-26?. The number of rotatable bonds is 5. The maximum atomic E-state index is 13.5. The van der Waals surface area contributed by atoms with Crippen LogP contribution in [0.4, 0.5) is 11.4 Å². The zero-order valence-corrected chi connectivity index (χ0v) is 19.3. The van der Waals surface area contributed by atoms with Gasteiger partial charge in [0.05, 0.1) is 30.5 Å². The second-order valence-corrected chi connectivity index (χ2v) is 8.44. The summed E-state index contributed by atoms with van der Waals surface area (Å²) in [6.07, 6.45) is 1.83. The molecular weight excluding hydrogens is 420 g/mol. The summed E-state index contributed by atoms with van der Waals surface area (Å²) < 4.78 is 10.8. The zero-order valence-electron chi connectivity index (χ0n) is 18.5. The smallest absolute Gasteiger partial charge is 0.271 e. The Morgan fingerprint density at radius 3 is 2.34 bits per heavy atom. The second kappa shape index (κ2) is 9.32. The number of carbonyl (C=O) groups excluding carboxylic acids is 1. The van der Waals surface area contributed by atoms with Crippen LogP contribution in [-0.4, -0.2) is 25.3 Å². The summed E-state index contributed by atoms with van der Waals surface area (Å²) in [6.45, 7) is 4.03. The number of nitrogens with zero attached hydrogens (tertiary/aromatic N) is 2. The Morgan fingerprint density at radius 1 is 0.906 bits per heavy atom. The largest absolute Gasteiger partial charge is 0.497 e. The highest BCUT2D eigenvalue weighted by molar-refractivity contribution is 8.19. The predicted octanol–water partition coefficient (Wildman–Crippen LogP) is 6.13. The topological polar surface area (TPSA) is 51.1 Å². The number of hydrogen-bond acceptors (Lipinski definition) is 5. The number of amides is 1. The molecule has 32 heavy (non-hydrogen) atoms. The third-order valence-corrected chi connectivity index (χ3v) is 5.98. The molecule has 162 valence electrons. The van der Waals surface area contributed by atoms with Crippen molar-refractivity contribution in [2.75, 3.05) is 19.1 Å². The third kappa shape index (κ3) is 4.55. The lowest BCUT2D eigenvalue weighted by molar-refractivity contribution is -0.113. The van der Waals surface area contributed by atoms with Gasteiger partial charge in [-0.05, 0) is 85.3 Å². The monoisotopic (exact) mass is 444 g/mol. The van der Waals surface area contributed by atoms with Crippen molar-refractivity contribution in [3.8, 4) is 11.5 Å². The molecule has 0 unspecified atom stereocenters. The molecule has 0 radical (unpaired) electrons. The molecule has 1 saturated heterocycles. The quantitative estimate of drug-likeness (QED) is 0.444. The van der Waals surface area contributed by atoms with Gasteiger partial charge in [-0.15, -0.1) is 0 Å². The first-order valence-corrected chi connectivity index (χ1v) is 11.0. The summed E-state index contributed by atoms with van der Waals surface area (Å²) in [6, 6.07) is 21.3. The highest BCUT2D eigenvalue weighted by Crippen LogP contribution is 2.39. The highest BCUT2D eigenvalue weighted by atomic mass is 32.2. The van der Waals surface area contributed by atoms with Crippen molar-refractivity contribution in [1.82, 2.24) is 0 Å². The Hall–Kier alpha value is -3.51. The number of ether oxygens (including phenoxy) is 2. The zero-order chi connectivity index (χ0) is 22.7. The Morgan fingerprint density at radius 2 is 1.66 bits per heavy atom. The second-order valence-electron chi connectivity index (χ2n) is 7.43. The van der Waals surface area contributed by atoms with Gasteiger partial charge < -0.3 is 9.47 Å². The van der Waals surface area contributed by atoms with Crippen LogP contribution in [-0.2, 0) is 4.79 Å². The molecule has 1 amide bonds. The van der Waals surface area contributed by atoms with Crippen molar-refractivity contribution in [3.05, 3.63) is 88.3 Å². The van der Waals surface area contributed by atoms with Gasteiger partial charge in [-0.3, -0.25) is 9.69 Å². The molecule has 0 aliphatic carbocycles. The average Bonchev–Trinajstić information content (AvgIpc) is 3.08. The predicted molar refractivity (Wildman–Crippen MR) is 132 cm³/mol. The van der Waals surface area contributed by atoms with E-state index in [0.29, 0.717) is 21.6 Å². The van der Waals surface area contributed by atoms with Crippen LogP contribution in [0.2, 0.25) is 0 Å². The van der Waals surface area contributed by atoms with Crippen molar-refractivity contribution >= 4 is 40.3 Å². The van der Waals surface area contributed by atoms with Gasteiger partial charge in [-0.25, -0.2) is 4.99 Å². The van der Waals surface area contributed by atoms with Gasteiger partial charge >= 0.3 is 0 Å². The van der Waals surface area contributed by atoms with E-state index in [1.165, 1.54) is 11.8 Å². The van der Waals surface area contributed by atoms with Crippen LogP contribution in [0.5, 0.6) is 11.5 Å². The first-order valence-electron chi connectivity index (χ1n) is 10.2. The molecule has 3 aromatic rings. The Kier molecular flexibility index (Phi) is 6.32. The fourth-order valence-electron chi connectivity index (χ4n) is 3.44. The van der Waals surface area contributed by atoms with Crippen LogP contribution < -0.4 is 14.4 Å². The van der Waals surface area contributed by atoms with Crippen LogP contribution in [0.25, 0.3) is 6.08 Å². The van der Waals surface area contributed by atoms with E-state index in [-0.39, 0.29) is 5.91 Å². The van der Waals surface area contributed by atoms with Gasteiger partial charge in [-0.2, -0.15) is 0 Å². The first kappa shape index (κ1) is 21.7. The minimum absolute atomic E-state index is 0.128. The maximum Gasteiger partial charge on any atom is 0.271 e. The molecule has 0 spiro atoms. The number of hydrogen-bond donors (Lipinski definition) is 0. The van der Waals surface area contributed by atoms with Gasteiger partial charge in [-0.1, -0.05) is 24.3 Å². The molecule has 1 aliphatic heterocycles. The maximum absolute atomic E-state index is 13.5. The number of benzene rings is 3. The molecule has 5 nitrogen and oxygen atoms in total. The molecule has 4 rings (SSSR count). The normalized spacial score (nSPS) is 16.1. The molecule has 0 atom stereocenters. The Balaban J connectivity index is 1.82. The molecule has 1 heterocycles. The number of aryl methyl sites for hydroxylation is 2. The van der Waals surface area contributed by atoms with E-state index in [4.69, 9.17) is 14.5 Å². The van der Waals surface area contributed by atoms with Crippen molar-refractivity contribution in [2.24, 2.45) is 4.99 Å². The van der Waals surface area contributed by atoms with Crippen molar-refractivity contribution in [2.45, 2.75) is 13.8 Å². The van der Waals surface area contributed by atoms with Crippen LogP contribution in [0.15, 0.2) is 76.6 Å². The first-order chi connectivity index (χ1) is 15.5. The number of aliphatic imine (C=N–C) groups is 1. The Labute approximate surface area is 192 Å².